The van der Waals surface area contributed by atoms with E-state index in [-0.39, 0.29) is 6.42 Å². The van der Waals surface area contributed by atoms with Gasteiger partial charge in [0.1, 0.15) is 0 Å². The van der Waals surface area contributed by atoms with E-state index in [0.29, 0.717) is 6.42 Å². The molecule has 0 amide bonds. The van der Waals surface area contributed by atoms with Crippen LogP contribution < -0.4 is 0 Å². The molecule has 4 heteroatoms. The number of unbranched alkanes of at least 4 members (excludes halogenated alkanes) is 2. The molecule has 56 valence electrons. The highest BCUT2D eigenvalue weighted by Gasteiger charge is 2.28. The molecule has 0 unspecified atom stereocenters. The van der Waals surface area contributed by atoms with Gasteiger partial charge in [-0.25, -0.2) is 0 Å². The van der Waals surface area contributed by atoms with Crippen molar-refractivity contribution < 1.29 is 18.6 Å². The van der Waals surface area contributed by atoms with Crippen LogP contribution in [-0.2, 0) is 0 Å². The number of hydrogen-bond donors (Lipinski definition) is 0. The first-order chi connectivity index (χ1) is 4.06. The highest BCUT2D eigenvalue weighted by Crippen LogP contribution is 2.12. The predicted octanol–water partition coefficient (Wildman–Crippen LogP) is 2.65. The van der Waals surface area contributed by atoms with Gasteiger partial charge in [0.25, 0.3) is 0 Å². The fraction of sp³-hybridized carbons (Fsp3) is 1.00. The summed E-state index contributed by atoms with van der Waals surface area (Å²) in [5.41, 5.74) is 0. The fourth-order valence-corrected chi connectivity index (χ4v) is 0.541. The first-order valence-corrected chi connectivity index (χ1v) is 3.03. The van der Waals surface area contributed by atoms with Crippen molar-refractivity contribution in [3.63, 3.8) is 0 Å². The Labute approximate surface area is 52.5 Å². The van der Waals surface area contributed by atoms with Gasteiger partial charge in [0.2, 0.25) is 5.15 Å². The van der Waals surface area contributed by atoms with Crippen LogP contribution in [0, 0.1) is 0 Å². The lowest BCUT2D eigenvalue weighted by Crippen LogP contribution is -2.19. The van der Waals surface area contributed by atoms with Crippen LogP contribution in [-0.4, -0.2) is 11.7 Å². The van der Waals surface area contributed by atoms with Gasteiger partial charge in [0.15, 0.2) is 6.54 Å². The normalized spacial score (nSPS) is 12.0. The number of halogens is 3. The minimum atomic E-state index is -3.39. The third-order valence-corrected chi connectivity index (χ3v) is 1.02. The van der Waals surface area contributed by atoms with Crippen LogP contribution in [0.3, 0.4) is 0 Å². The van der Waals surface area contributed by atoms with Gasteiger partial charge in [0, 0.05) is 6.42 Å². The lowest BCUT2D eigenvalue weighted by atomic mass is 10.2. The zero-order chi connectivity index (χ0) is 7.33. The number of rotatable bonds is 4. The standard InChI is InChI=1S/C5H11F3N/c1-2-3-4-5-9(6,7)8/h2-5H2,1H3/q+1. The van der Waals surface area contributed by atoms with Crippen molar-refractivity contribution in [2.45, 2.75) is 26.2 Å². The van der Waals surface area contributed by atoms with Crippen LogP contribution in [0.5, 0.6) is 0 Å². The van der Waals surface area contributed by atoms with Crippen molar-refractivity contribution in [2.75, 3.05) is 6.54 Å². The van der Waals surface area contributed by atoms with Crippen LogP contribution >= 0.6 is 0 Å². The van der Waals surface area contributed by atoms with E-state index in [2.05, 4.69) is 0 Å². The van der Waals surface area contributed by atoms with Gasteiger partial charge >= 0.3 is 0 Å². The molecule has 0 aliphatic rings. The molecular formula is C5H11F3N+. The lowest BCUT2D eigenvalue weighted by Gasteiger charge is -1.97. The molecule has 0 bridgehead atoms. The largest absolute Gasteiger partial charge is 0.244 e. The van der Waals surface area contributed by atoms with E-state index in [0.717, 1.165) is 6.42 Å². The number of hydrogen-bond acceptors (Lipinski definition) is 0. The first kappa shape index (κ1) is 8.75. The molecule has 0 aliphatic heterocycles. The van der Waals surface area contributed by atoms with Gasteiger partial charge in [-0.05, 0) is 6.42 Å². The van der Waals surface area contributed by atoms with Crippen LogP contribution in [0.2, 0.25) is 0 Å². The van der Waals surface area contributed by atoms with Crippen LogP contribution in [0.4, 0.5) is 13.4 Å². The summed E-state index contributed by atoms with van der Waals surface area (Å²) in [6, 6.07) is 0. The number of quaternary nitrogens is 1. The van der Waals surface area contributed by atoms with Gasteiger partial charge in [-0.2, -0.15) is 0 Å². The molecule has 0 radical (unpaired) electrons. The highest BCUT2D eigenvalue weighted by atomic mass is 19.6. The Morgan fingerprint density at radius 3 is 2.00 bits per heavy atom. The van der Waals surface area contributed by atoms with Crippen molar-refractivity contribution in [3.05, 3.63) is 0 Å². The topological polar surface area (TPSA) is 0 Å². The summed E-state index contributed by atoms with van der Waals surface area (Å²) < 4.78 is 33.9. The molecule has 0 saturated carbocycles. The SMILES string of the molecule is CCCCC[N+](F)(F)F. The molecule has 0 N–H and O–H groups in total. The maximum atomic E-state index is 11.3. The Morgan fingerprint density at radius 2 is 1.67 bits per heavy atom. The minimum absolute atomic E-state index is 0.250. The molecule has 0 atom stereocenters. The summed E-state index contributed by atoms with van der Waals surface area (Å²) in [5.74, 6) is 0. The van der Waals surface area contributed by atoms with Crippen molar-refractivity contribution in [1.29, 1.82) is 0 Å². The summed E-state index contributed by atoms with van der Waals surface area (Å²) >= 11 is 0. The molecule has 0 aromatic carbocycles. The molecule has 0 rings (SSSR count). The van der Waals surface area contributed by atoms with Crippen molar-refractivity contribution in [3.8, 4) is 0 Å². The van der Waals surface area contributed by atoms with Gasteiger partial charge < -0.3 is 0 Å². The van der Waals surface area contributed by atoms with E-state index in [1.165, 1.54) is 0 Å². The van der Waals surface area contributed by atoms with Crippen molar-refractivity contribution in [2.24, 2.45) is 0 Å². The Hall–Kier alpha value is -0.250. The Balaban J connectivity index is 3.07. The average molecular weight is 142 g/mol. The molecule has 0 spiro atoms. The summed E-state index contributed by atoms with van der Waals surface area (Å²) in [6.07, 6.45) is 1.75. The maximum Gasteiger partial charge on any atom is 0.244 e. The molecule has 0 aromatic rings. The predicted molar refractivity (Wildman–Crippen MR) is 28.0 cm³/mol. The van der Waals surface area contributed by atoms with E-state index in [1.807, 2.05) is 6.92 Å². The average Bonchev–Trinajstić information content (AvgIpc) is 1.63. The summed E-state index contributed by atoms with van der Waals surface area (Å²) in [7, 11) is 0. The van der Waals surface area contributed by atoms with Gasteiger partial charge in [0.05, 0.1) is 13.4 Å². The van der Waals surface area contributed by atoms with Crippen LogP contribution in [0.25, 0.3) is 0 Å². The van der Waals surface area contributed by atoms with E-state index in [1.54, 1.807) is 0 Å². The van der Waals surface area contributed by atoms with E-state index in [9.17, 15) is 13.4 Å². The summed E-state index contributed by atoms with van der Waals surface area (Å²) in [4.78, 5) is 0. The summed E-state index contributed by atoms with van der Waals surface area (Å²) in [6.45, 7) is 1.19. The van der Waals surface area contributed by atoms with E-state index >= 15 is 0 Å². The molecule has 0 saturated heterocycles. The molecular weight excluding hydrogens is 131 g/mol. The van der Waals surface area contributed by atoms with Gasteiger partial charge in [-0.15, -0.1) is 0 Å². The quantitative estimate of drug-likeness (QED) is 0.418. The zero-order valence-corrected chi connectivity index (χ0v) is 5.41. The molecule has 1 nitrogen and oxygen atoms in total. The van der Waals surface area contributed by atoms with Crippen LogP contribution in [0.1, 0.15) is 26.2 Å². The Bertz CT molecular complexity index is 69.1. The number of nitrogens with zero attached hydrogens (tertiary/aromatic N) is 1. The molecule has 0 aromatic heterocycles. The second-order valence-electron chi connectivity index (χ2n) is 1.98. The Kier molecular flexibility index (Phi) is 3.61. The Morgan fingerprint density at radius 1 is 1.11 bits per heavy atom. The third kappa shape index (κ3) is 7.75. The zero-order valence-electron chi connectivity index (χ0n) is 5.41. The smallest absolute Gasteiger partial charge is 0.0654 e. The van der Waals surface area contributed by atoms with Crippen molar-refractivity contribution >= 4 is 0 Å². The third-order valence-electron chi connectivity index (χ3n) is 1.02. The molecule has 9 heavy (non-hydrogen) atoms. The van der Waals surface area contributed by atoms with Gasteiger partial charge in [-0.3, -0.25) is 0 Å². The van der Waals surface area contributed by atoms with Crippen molar-refractivity contribution in [1.82, 2.24) is 0 Å². The molecule has 0 aliphatic carbocycles. The maximum absolute atomic E-state index is 11.3. The second-order valence-corrected chi connectivity index (χ2v) is 1.98. The van der Waals surface area contributed by atoms with E-state index in [4.69, 9.17) is 0 Å². The minimum Gasteiger partial charge on any atom is -0.0654 e. The lowest BCUT2D eigenvalue weighted by molar-refractivity contribution is -1.27. The highest BCUT2D eigenvalue weighted by molar-refractivity contribution is 4.31. The van der Waals surface area contributed by atoms with Crippen LogP contribution in [0.15, 0.2) is 0 Å². The van der Waals surface area contributed by atoms with E-state index < -0.39 is 11.7 Å². The summed E-state index contributed by atoms with van der Waals surface area (Å²) in [5, 5.41) is -3.39. The molecule has 0 heterocycles. The second kappa shape index (κ2) is 3.71. The molecule has 0 fully saturated rings. The fourth-order valence-electron chi connectivity index (χ4n) is 0.541. The monoisotopic (exact) mass is 142 g/mol. The first-order valence-electron chi connectivity index (χ1n) is 3.03. The van der Waals surface area contributed by atoms with Gasteiger partial charge in [-0.1, -0.05) is 13.3 Å².